The minimum Gasteiger partial charge on any atom is -0.312 e. The van der Waals surface area contributed by atoms with E-state index in [1.165, 1.54) is 12.8 Å². The summed E-state index contributed by atoms with van der Waals surface area (Å²) in [5, 5.41) is 3.32. The third kappa shape index (κ3) is 2.80. The van der Waals surface area contributed by atoms with Gasteiger partial charge in [-0.3, -0.25) is 4.98 Å². The Labute approximate surface area is 102 Å². The van der Waals surface area contributed by atoms with Gasteiger partial charge in [-0.15, -0.1) is 0 Å². The Morgan fingerprint density at radius 2 is 2.00 bits per heavy atom. The number of hydrogen-bond acceptors (Lipinski definition) is 3. The van der Waals surface area contributed by atoms with Crippen molar-refractivity contribution in [3.63, 3.8) is 0 Å². The second-order valence-corrected chi connectivity index (χ2v) is 4.27. The van der Waals surface area contributed by atoms with Crippen LogP contribution in [0.4, 0.5) is 0 Å². The molecule has 17 heavy (non-hydrogen) atoms. The second-order valence-electron chi connectivity index (χ2n) is 4.27. The van der Waals surface area contributed by atoms with Crippen LogP contribution in [0.3, 0.4) is 0 Å². The van der Waals surface area contributed by atoms with E-state index in [-0.39, 0.29) is 0 Å². The first-order valence-corrected chi connectivity index (χ1v) is 6.24. The lowest BCUT2D eigenvalue weighted by atomic mass is 10.1. The minimum atomic E-state index is 0.312. The number of hydrogen-bond donors (Lipinski definition) is 1. The number of rotatable bonds is 5. The molecule has 0 amide bonds. The predicted molar refractivity (Wildman–Crippen MR) is 70.9 cm³/mol. The van der Waals surface area contributed by atoms with Gasteiger partial charge in [0.1, 0.15) is 0 Å². The SMILES string of the molecule is CCCCC(NC)c1cnc2ccccc2n1. The summed E-state index contributed by atoms with van der Waals surface area (Å²) in [5.41, 5.74) is 2.97. The van der Waals surface area contributed by atoms with Crippen LogP contribution in [0.2, 0.25) is 0 Å². The van der Waals surface area contributed by atoms with Crippen molar-refractivity contribution in [1.82, 2.24) is 15.3 Å². The zero-order chi connectivity index (χ0) is 12.1. The molecule has 1 aromatic carbocycles. The number of nitrogens with zero attached hydrogens (tertiary/aromatic N) is 2. The van der Waals surface area contributed by atoms with Crippen molar-refractivity contribution in [2.24, 2.45) is 0 Å². The maximum absolute atomic E-state index is 4.67. The molecule has 1 N–H and O–H groups in total. The number of nitrogens with one attached hydrogen (secondary N) is 1. The van der Waals surface area contributed by atoms with Gasteiger partial charge in [-0.2, -0.15) is 0 Å². The van der Waals surface area contributed by atoms with E-state index in [1.807, 2.05) is 37.5 Å². The Bertz CT molecular complexity index is 482. The molecule has 1 atom stereocenters. The molecule has 1 heterocycles. The molecule has 0 spiro atoms. The van der Waals surface area contributed by atoms with E-state index in [2.05, 4.69) is 22.2 Å². The summed E-state index contributed by atoms with van der Waals surface area (Å²) in [4.78, 5) is 9.13. The van der Waals surface area contributed by atoms with Crippen LogP contribution in [-0.4, -0.2) is 17.0 Å². The van der Waals surface area contributed by atoms with Gasteiger partial charge in [0, 0.05) is 0 Å². The van der Waals surface area contributed by atoms with Gasteiger partial charge in [-0.25, -0.2) is 4.98 Å². The highest BCUT2D eigenvalue weighted by Gasteiger charge is 2.10. The van der Waals surface area contributed by atoms with Crippen molar-refractivity contribution in [3.05, 3.63) is 36.2 Å². The summed E-state index contributed by atoms with van der Waals surface area (Å²) < 4.78 is 0. The lowest BCUT2D eigenvalue weighted by Crippen LogP contribution is -2.17. The largest absolute Gasteiger partial charge is 0.312 e. The molecule has 0 fully saturated rings. The van der Waals surface area contributed by atoms with Crippen molar-refractivity contribution in [2.45, 2.75) is 32.2 Å². The molecule has 0 saturated heterocycles. The minimum absolute atomic E-state index is 0.312. The molecule has 3 nitrogen and oxygen atoms in total. The van der Waals surface area contributed by atoms with Crippen molar-refractivity contribution < 1.29 is 0 Å². The van der Waals surface area contributed by atoms with Crippen molar-refractivity contribution >= 4 is 11.0 Å². The molecule has 0 aliphatic heterocycles. The van der Waals surface area contributed by atoms with Crippen LogP contribution in [0.15, 0.2) is 30.5 Å². The van der Waals surface area contributed by atoms with E-state index in [0.717, 1.165) is 23.1 Å². The first-order valence-electron chi connectivity index (χ1n) is 6.24. The monoisotopic (exact) mass is 229 g/mol. The highest BCUT2D eigenvalue weighted by molar-refractivity contribution is 5.73. The van der Waals surface area contributed by atoms with E-state index < -0.39 is 0 Å². The van der Waals surface area contributed by atoms with E-state index >= 15 is 0 Å². The van der Waals surface area contributed by atoms with Crippen LogP contribution in [0.25, 0.3) is 11.0 Å². The van der Waals surface area contributed by atoms with E-state index in [0.29, 0.717) is 6.04 Å². The molecule has 3 heteroatoms. The smallest absolute Gasteiger partial charge is 0.0890 e. The van der Waals surface area contributed by atoms with E-state index in [1.54, 1.807) is 0 Å². The standard InChI is InChI=1S/C14H19N3/c1-3-4-7-11(15-2)14-10-16-12-8-5-6-9-13(12)17-14/h5-6,8-11,15H,3-4,7H2,1-2H3. The highest BCUT2D eigenvalue weighted by Crippen LogP contribution is 2.18. The fraction of sp³-hybridized carbons (Fsp3) is 0.429. The van der Waals surface area contributed by atoms with Crippen molar-refractivity contribution in [1.29, 1.82) is 0 Å². The quantitative estimate of drug-likeness (QED) is 0.856. The van der Waals surface area contributed by atoms with Gasteiger partial charge in [0.2, 0.25) is 0 Å². The number of fused-ring (bicyclic) bond motifs is 1. The molecule has 1 aromatic heterocycles. The molecule has 0 aliphatic carbocycles. The molecule has 2 aromatic rings. The number of benzene rings is 1. The fourth-order valence-electron chi connectivity index (χ4n) is 1.99. The Hall–Kier alpha value is -1.48. The van der Waals surface area contributed by atoms with Gasteiger partial charge in [-0.05, 0) is 25.6 Å². The molecule has 0 radical (unpaired) electrons. The van der Waals surface area contributed by atoms with Gasteiger partial charge in [0.05, 0.1) is 29.0 Å². The van der Waals surface area contributed by atoms with Crippen LogP contribution >= 0.6 is 0 Å². The van der Waals surface area contributed by atoms with E-state index in [4.69, 9.17) is 0 Å². The van der Waals surface area contributed by atoms with Gasteiger partial charge in [-0.1, -0.05) is 31.9 Å². The number of aromatic nitrogens is 2. The maximum atomic E-state index is 4.67. The van der Waals surface area contributed by atoms with Crippen LogP contribution in [0.1, 0.15) is 37.9 Å². The van der Waals surface area contributed by atoms with Crippen LogP contribution < -0.4 is 5.32 Å². The van der Waals surface area contributed by atoms with Gasteiger partial charge < -0.3 is 5.32 Å². The molecule has 0 bridgehead atoms. The molecule has 0 saturated carbocycles. The molecular formula is C14H19N3. The Balaban J connectivity index is 2.27. The highest BCUT2D eigenvalue weighted by atomic mass is 14.9. The number of unbranched alkanes of at least 4 members (excludes halogenated alkanes) is 1. The first-order chi connectivity index (χ1) is 8.35. The Kier molecular flexibility index (Phi) is 4.04. The third-order valence-electron chi connectivity index (χ3n) is 3.02. The van der Waals surface area contributed by atoms with Crippen LogP contribution in [0.5, 0.6) is 0 Å². The van der Waals surface area contributed by atoms with E-state index in [9.17, 15) is 0 Å². The summed E-state index contributed by atoms with van der Waals surface area (Å²) in [5.74, 6) is 0. The fourth-order valence-corrected chi connectivity index (χ4v) is 1.99. The predicted octanol–water partition coefficient (Wildman–Crippen LogP) is 3.08. The summed E-state index contributed by atoms with van der Waals surface area (Å²) in [7, 11) is 1.98. The molecule has 0 aliphatic rings. The van der Waals surface area contributed by atoms with Gasteiger partial charge in [0.15, 0.2) is 0 Å². The first kappa shape index (κ1) is 12.0. The normalized spacial score (nSPS) is 12.8. The van der Waals surface area contributed by atoms with Crippen LogP contribution in [-0.2, 0) is 0 Å². The van der Waals surface area contributed by atoms with Crippen molar-refractivity contribution in [3.8, 4) is 0 Å². The Morgan fingerprint density at radius 3 is 2.71 bits per heavy atom. The second kappa shape index (κ2) is 5.73. The topological polar surface area (TPSA) is 37.8 Å². The van der Waals surface area contributed by atoms with Crippen molar-refractivity contribution in [2.75, 3.05) is 7.05 Å². The molecule has 2 rings (SSSR count). The molecule has 90 valence electrons. The molecular weight excluding hydrogens is 210 g/mol. The summed E-state index contributed by atoms with van der Waals surface area (Å²) in [6.07, 6.45) is 5.42. The number of para-hydroxylation sites is 2. The van der Waals surface area contributed by atoms with Gasteiger partial charge in [0.25, 0.3) is 0 Å². The Morgan fingerprint density at radius 1 is 1.24 bits per heavy atom. The maximum Gasteiger partial charge on any atom is 0.0890 e. The summed E-state index contributed by atoms with van der Waals surface area (Å²) in [6.45, 7) is 2.21. The zero-order valence-electron chi connectivity index (χ0n) is 10.5. The summed E-state index contributed by atoms with van der Waals surface area (Å²) >= 11 is 0. The van der Waals surface area contributed by atoms with Crippen LogP contribution in [0, 0.1) is 0 Å². The lowest BCUT2D eigenvalue weighted by Gasteiger charge is -2.15. The average Bonchev–Trinajstić information content (AvgIpc) is 2.39. The summed E-state index contributed by atoms with van der Waals surface area (Å²) in [6, 6.07) is 8.31. The lowest BCUT2D eigenvalue weighted by molar-refractivity contribution is 0.511. The van der Waals surface area contributed by atoms with Gasteiger partial charge >= 0.3 is 0 Å². The third-order valence-corrected chi connectivity index (χ3v) is 3.02. The average molecular weight is 229 g/mol. The zero-order valence-corrected chi connectivity index (χ0v) is 10.5. The molecule has 1 unspecified atom stereocenters.